The molecule has 0 bridgehead atoms. The van der Waals surface area contributed by atoms with Crippen molar-refractivity contribution in [3.63, 3.8) is 0 Å². The van der Waals surface area contributed by atoms with E-state index in [1.54, 1.807) is 12.1 Å². The number of nitrogens with one attached hydrogen (secondary N) is 1. The van der Waals surface area contributed by atoms with Crippen LogP contribution in [0.25, 0.3) is 0 Å². The lowest BCUT2D eigenvalue weighted by Gasteiger charge is -2.19. The van der Waals surface area contributed by atoms with Crippen molar-refractivity contribution in [2.45, 2.75) is 25.4 Å². The molecule has 3 N–H and O–H groups in total. The van der Waals surface area contributed by atoms with Crippen LogP contribution in [0.15, 0.2) is 48.5 Å². The molecular weight excluding hydrogens is 372 g/mol. The zero-order valence-corrected chi connectivity index (χ0v) is 16.1. The Kier molecular flexibility index (Phi) is 5.65. The minimum Gasteiger partial charge on any atom is -0.329 e. The van der Waals surface area contributed by atoms with Crippen molar-refractivity contribution in [3.8, 4) is 0 Å². The topological polar surface area (TPSA) is 79.8 Å². The second-order valence-corrected chi connectivity index (χ2v) is 9.33. The summed E-state index contributed by atoms with van der Waals surface area (Å²) in [5, 5.41) is 5.35. The van der Waals surface area contributed by atoms with Gasteiger partial charge in [-0.2, -0.15) is 0 Å². The quantitative estimate of drug-likeness (QED) is 0.816. The van der Waals surface area contributed by atoms with Gasteiger partial charge < -0.3 is 10.6 Å². The van der Waals surface area contributed by atoms with Gasteiger partial charge in [0.2, 0.25) is 0 Å². The molecule has 0 radical (unpaired) electrons. The van der Waals surface area contributed by atoms with Crippen molar-refractivity contribution in [3.05, 3.63) is 64.7 Å². The number of nitrogens with two attached hydrogens (primary N) is 1. The second kappa shape index (κ2) is 7.78. The maximum Gasteiger partial charge on any atom is 0.287 e. The number of carbonyl (C=O) groups is 1. The van der Waals surface area contributed by atoms with Crippen molar-refractivity contribution >= 4 is 33.0 Å². The number of rotatable bonds is 5. The molecule has 1 fully saturated rings. The molecule has 2 atom stereocenters. The van der Waals surface area contributed by atoms with Crippen LogP contribution in [0.2, 0.25) is 5.02 Å². The van der Waals surface area contributed by atoms with E-state index in [4.69, 9.17) is 11.6 Å². The van der Waals surface area contributed by atoms with Crippen LogP contribution in [0.5, 0.6) is 0 Å². The average Bonchev–Trinajstić information content (AvgIpc) is 2.95. The maximum absolute atomic E-state index is 12.9. The zero-order valence-electron chi connectivity index (χ0n) is 14.5. The number of halogens is 1. The summed E-state index contributed by atoms with van der Waals surface area (Å²) >= 11 is 6.14. The largest absolute Gasteiger partial charge is 0.329 e. The predicted octanol–water partition coefficient (Wildman–Crippen LogP) is 2.08. The fraction of sp³-hybridized carbons (Fsp3) is 0.316. The number of aryl methyl sites for hydroxylation is 1. The Morgan fingerprint density at radius 3 is 2.58 bits per heavy atom. The van der Waals surface area contributed by atoms with E-state index >= 15 is 0 Å². The van der Waals surface area contributed by atoms with Crippen LogP contribution >= 0.6 is 11.6 Å². The smallest absolute Gasteiger partial charge is 0.287 e. The maximum atomic E-state index is 12.9. The minimum absolute atomic E-state index is 0.111. The Hall–Kier alpha value is -1.89. The van der Waals surface area contributed by atoms with Gasteiger partial charge in [-0.15, -0.1) is 0 Å². The SMILES string of the molecule is Cc1ccc(NC(=O)[C@@H]([NH2+][C@@H]2CCS(=O)(=O)C2)c2ccccc2)cc1Cl. The molecule has 1 aliphatic rings. The Labute approximate surface area is 158 Å². The van der Waals surface area contributed by atoms with E-state index in [2.05, 4.69) is 5.32 Å². The molecule has 1 saturated heterocycles. The fourth-order valence-corrected chi connectivity index (χ4v) is 5.09. The molecule has 5 nitrogen and oxygen atoms in total. The molecule has 0 spiro atoms. The summed E-state index contributed by atoms with van der Waals surface area (Å²) < 4.78 is 23.5. The van der Waals surface area contributed by atoms with Gasteiger partial charge in [0.15, 0.2) is 15.9 Å². The summed E-state index contributed by atoms with van der Waals surface area (Å²) in [5.74, 6) is 0.102. The van der Waals surface area contributed by atoms with Crippen molar-refractivity contribution in [2.75, 3.05) is 16.8 Å². The normalized spacial score (nSPS) is 19.8. The first-order chi connectivity index (χ1) is 12.3. The lowest BCUT2D eigenvalue weighted by atomic mass is 10.0. The number of benzene rings is 2. The Balaban J connectivity index is 1.80. The highest BCUT2D eigenvalue weighted by Gasteiger charge is 2.35. The molecule has 7 heteroatoms. The number of amides is 1. The first kappa shape index (κ1) is 18.9. The van der Waals surface area contributed by atoms with Gasteiger partial charge in [-0.1, -0.05) is 48.0 Å². The van der Waals surface area contributed by atoms with Crippen LogP contribution in [-0.2, 0) is 14.6 Å². The molecule has 1 aliphatic heterocycles. The van der Waals surface area contributed by atoms with E-state index in [-0.39, 0.29) is 23.5 Å². The number of anilines is 1. The van der Waals surface area contributed by atoms with Crippen LogP contribution in [0.3, 0.4) is 0 Å². The van der Waals surface area contributed by atoms with Crippen molar-refractivity contribution in [1.82, 2.24) is 0 Å². The van der Waals surface area contributed by atoms with Crippen LogP contribution in [0, 0.1) is 6.92 Å². The lowest BCUT2D eigenvalue weighted by molar-refractivity contribution is -0.710. The predicted molar refractivity (Wildman–Crippen MR) is 103 cm³/mol. The summed E-state index contributed by atoms with van der Waals surface area (Å²) in [6.07, 6.45) is 0.565. The summed E-state index contributed by atoms with van der Waals surface area (Å²) in [6.45, 7) is 1.90. The van der Waals surface area contributed by atoms with Gasteiger partial charge >= 0.3 is 0 Å². The van der Waals surface area contributed by atoms with Crippen LogP contribution in [-0.4, -0.2) is 31.9 Å². The standard InChI is InChI=1S/C19H21ClN2O3S/c1-13-7-8-15(11-17(13)20)22-19(23)18(14-5-3-2-4-6-14)21-16-9-10-26(24,25)12-16/h2-8,11,16,18,21H,9-10,12H2,1H3,(H,22,23)/p+1/t16-,18+/m1/s1. The molecule has 26 heavy (non-hydrogen) atoms. The van der Waals surface area contributed by atoms with Crippen molar-refractivity contribution < 1.29 is 18.5 Å². The number of quaternary nitrogens is 1. The molecule has 1 amide bonds. The van der Waals surface area contributed by atoms with Crippen molar-refractivity contribution in [1.29, 1.82) is 0 Å². The van der Waals surface area contributed by atoms with Gasteiger partial charge in [0.05, 0.1) is 5.75 Å². The van der Waals surface area contributed by atoms with Gasteiger partial charge in [0.25, 0.3) is 5.91 Å². The number of hydrogen-bond donors (Lipinski definition) is 2. The van der Waals surface area contributed by atoms with Gasteiger partial charge in [0.1, 0.15) is 11.8 Å². The highest BCUT2D eigenvalue weighted by molar-refractivity contribution is 7.91. The summed E-state index contributed by atoms with van der Waals surface area (Å²) in [7, 11) is -3.00. The first-order valence-corrected chi connectivity index (χ1v) is 10.7. The molecular formula is C19H22ClN2O3S+. The first-order valence-electron chi connectivity index (χ1n) is 8.51. The lowest BCUT2D eigenvalue weighted by Crippen LogP contribution is -2.93. The van der Waals surface area contributed by atoms with E-state index in [1.807, 2.05) is 48.6 Å². The fourth-order valence-electron chi connectivity index (χ4n) is 3.15. The average molecular weight is 394 g/mol. The van der Waals surface area contributed by atoms with Gasteiger partial charge in [-0.3, -0.25) is 4.79 Å². The molecule has 0 aliphatic carbocycles. The molecule has 2 aromatic carbocycles. The van der Waals surface area contributed by atoms with E-state index in [0.29, 0.717) is 17.1 Å². The highest BCUT2D eigenvalue weighted by Crippen LogP contribution is 2.21. The molecule has 2 aromatic rings. The molecule has 138 valence electrons. The summed E-state index contributed by atoms with van der Waals surface area (Å²) in [4.78, 5) is 12.9. The minimum atomic E-state index is -3.00. The Morgan fingerprint density at radius 2 is 1.96 bits per heavy atom. The van der Waals surface area contributed by atoms with Crippen LogP contribution in [0.1, 0.15) is 23.6 Å². The zero-order chi connectivity index (χ0) is 18.7. The van der Waals surface area contributed by atoms with E-state index in [9.17, 15) is 13.2 Å². The van der Waals surface area contributed by atoms with Gasteiger partial charge in [-0.05, 0) is 24.6 Å². The molecule has 3 rings (SSSR count). The second-order valence-electron chi connectivity index (χ2n) is 6.70. The van der Waals surface area contributed by atoms with Gasteiger partial charge in [0, 0.05) is 22.7 Å². The number of carbonyl (C=O) groups excluding carboxylic acids is 1. The summed E-state index contributed by atoms with van der Waals surface area (Å²) in [6, 6.07) is 14.1. The molecule has 0 unspecified atom stereocenters. The monoisotopic (exact) mass is 393 g/mol. The molecule has 0 aromatic heterocycles. The number of hydrogen-bond acceptors (Lipinski definition) is 3. The van der Waals surface area contributed by atoms with Gasteiger partial charge in [-0.25, -0.2) is 8.42 Å². The third-order valence-electron chi connectivity index (χ3n) is 4.61. The van der Waals surface area contributed by atoms with Crippen LogP contribution in [0.4, 0.5) is 5.69 Å². The van der Waals surface area contributed by atoms with E-state index in [1.165, 1.54) is 0 Å². The van der Waals surface area contributed by atoms with Crippen molar-refractivity contribution in [2.24, 2.45) is 0 Å². The molecule has 0 saturated carbocycles. The van der Waals surface area contributed by atoms with Crippen LogP contribution < -0.4 is 10.6 Å². The van der Waals surface area contributed by atoms with E-state index < -0.39 is 15.9 Å². The third kappa shape index (κ3) is 4.63. The summed E-state index contributed by atoms with van der Waals surface area (Å²) in [5.41, 5.74) is 2.40. The third-order valence-corrected chi connectivity index (χ3v) is 6.81. The number of sulfone groups is 1. The Morgan fingerprint density at radius 1 is 1.23 bits per heavy atom. The Bertz CT molecular complexity index is 900. The highest BCUT2D eigenvalue weighted by atomic mass is 35.5. The van der Waals surface area contributed by atoms with E-state index in [0.717, 1.165) is 11.1 Å². The molecule has 1 heterocycles.